The van der Waals surface area contributed by atoms with Gasteiger partial charge >= 0.3 is 0 Å². The second kappa shape index (κ2) is 5.82. The molecule has 0 aliphatic heterocycles. The third-order valence-electron chi connectivity index (χ3n) is 2.16. The monoisotopic (exact) mass is 242 g/mol. The summed E-state index contributed by atoms with van der Waals surface area (Å²) in [6.45, 7) is 2.05. The zero-order valence-corrected chi connectivity index (χ0v) is 10.4. The molecule has 1 amide bonds. The van der Waals surface area contributed by atoms with Gasteiger partial charge in [-0.05, 0) is 18.6 Å². The highest BCUT2D eigenvalue weighted by Crippen LogP contribution is 2.13. The molecule has 0 N–H and O–H groups in total. The average molecular weight is 243 g/mol. The Kier molecular flexibility index (Phi) is 4.71. The van der Waals surface area contributed by atoms with Crippen LogP contribution in [-0.4, -0.2) is 30.1 Å². The van der Waals surface area contributed by atoms with E-state index in [4.69, 9.17) is 16.4 Å². The summed E-state index contributed by atoms with van der Waals surface area (Å²) >= 11 is 5.86. The van der Waals surface area contributed by atoms with Gasteiger partial charge in [0.1, 0.15) is 5.15 Å². The molecule has 0 bridgehead atoms. The maximum Gasteiger partial charge on any atom is 0.277 e. The van der Waals surface area contributed by atoms with Gasteiger partial charge in [0.15, 0.2) is 0 Å². The van der Waals surface area contributed by atoms with Crippen molar-refractivity contribution in [1.82, 2.24) is 10.0 Å². The van der Waals surface area contributed by atoms with E-state index in [-0.39, 0.29) is 5.91 Å². The van der Waals surface area contributed by atoms with Crippen molar-refractivity contribution in [1.29, 1.82) is 0 Å². The molecule has 0 saturated carbocycles. The van der Waals surface area contributed by atoms with Crippen molar-refractivity contribution in [3.63, 3.8) is 0 Å². The molecule has 0 fully saturated rings. The lowest BCUT2D eigenvalue weighted by Crippen LogP contribution is -2.25. The number of aromatic nitrogens is 1. The van der Waals surface area contributed by atoms with E-state index in [1.54, 1.807) is 19.2 Å². The van der Waals surface area contributed by atoms with Crippen molar-refractivity contribution in [2.24, 2.45) is 0 Å². The number of pyridine rings is 1. The minimum Gasteiger partial charge on any atom is -0.274 e. The van der Waals surface area contributed by atoms with Gasteiger partial charge in [0.2, 0.25) is 0 Å². The number of rotatable bonds is 4. The van der Waals surface area contributed by atoms with Crippen LogP contribution in [0.5, 0.6) is 0 Å². The average Bonchev–Trinajstić information content (AvgIpc) is 2.26. The predicted octanol–water partition coefficient (Wildman–Crippen LogP) is 2.32. The summed E-state index contributed by atoms with van der Waals surface area (Å²) in [4.78, 5) is 20.8. The Morgan fingerprint density at radius 1 is 1.56 bits per heavy atom. The fraction of sp³-hybridized carbons (Fsp3) is 0.455. The Bertz CT molecular complexity index is 382. The molecule has 0 spiro atoms. The number of hydroxylamine groups is 2. The summed E-state index contributed by atoms with van der Waals surface area (Å²) in [5.41, 5.74) is 1.32. The van der Waals surface area contributed by atoms with Crippen molar-refractivity contribution in [2.45, 2.75) is 19.8 Å². The van der Waals surface area contributed by atoms with Gasteiger partial charge in [-0.15, -0.1) is 0 Å². The van der Waals surface area contributed by atoms with Gasteiger partial charge in [-0.2, -0.15) is 0 Å². The van der Waals surface area contributed by atoms with Gasteiger partial charge in [0.25, 0.3) is 5.91 Å². The van der Waals surface area contributed by atoms with Crippen LogP contribution in [0.3, 0.4) is 0 Å². The van der Waals surface area contributed by atoms with E-state index >= 15 is 0 Å². The highest BCUT2D eigenvalue weighted by Gasteiger charge is 2.13. The third kappa shape index (κ3) is 3.18. The first kappa shape index (κ1) is 12.9. The Morgan fingerprint density at radius 2 is 2.25 bits per heavy atom. The van der Waals surface area contributed by atoms with Crippen molar-refractivity contribution >= 4 is 17.5 Å². The molecule has 88 valence electrons. The molecule has 4 nitrogen and oxygen atoms in total. The van der Waals surface area contributed by atoms with Crippen LogP contribution >= 0.6 is 11.6 Å². The molecule has 0 saturated heterocycles. The van der Waals surface area contributed by atoms with E-state index in [1.807, 2.05) is 6.92 Å². The van der Waals surface area contributed by atoms with Crippen LogP contribution in [0.25, 0.3) is 0 Å². The van der Waals surface area contributed by atoms with Gasteiger partial charge < -0.3 is 0 Å². The van der Waals surface area contributed by atoms with Crippen molar-refractivity contribution in [3.8, 4) is 0 Å². The number of nitrogens with zero attached hydrogens (tertiary/aromatic N) is 2. The SMILES string of the molecule is CCCc1cc(C(=O)N(C)OC)cc(Cl)n1. The largest absolute Gasteiger partial charge is 0.277 e. The number of hydrogen-bond donors (Lipinski definition) is 0. The van der Waals surface area contributed by atoms with Crippen LogP contribution in [0.4, 0.5) is 0 Å². The number of halogens is 1. The van der Waals surface area contributed by atoms with E-state index in [9.17, 15) is 4.79 Å². The molecule has 1 rings (SSSR count). The lowest BCUT2D eigenvalue weighted by Gasteiger charge is -2.14. The highest BCUT2D eigenvalue weighted by molar-refractivity contribution is 6.29. The summed E-state index contributed by atoms with van der Waals surface area (Å²) < 4.78 is 0. The smallest absolute Gasteiger partial charge is 0.274 e. The van der Waals surface area contributed by atoms with E-state index in [2.05, 4.69) is 4.98 Å². The Morgan fingerprint density at radius 3 is 2.81 bits per heavy atom. The summed E-state index contributed by atoms with van der Waals surface area (Å²) in [7, 11) is 2.99. The molecule has 5 heteroatoms. The van der Waals surface area contributed by atoms with Crippen LogP contribution in [0.2, 0.25) is 5.15 Å². The molecule has 0 atom stereocenters. The zero-order chi connectivity index (χ0) is 12.1. The molecule has 0 aliphatic carbocycles. The van der Waals surface area contributed by atoms with Crippen LogP contribution in [0, 0.1) is 0 Å². The molecule has 0 unspecified atom stereocenters. The van der Waals surface area contributed by atoms with Crippen molar-refractivity contribution < 1.29 is 9.63 Å². The first-order valence-corrected chi connectivity index (χ1v) is 5.45. The van der Waals surface area contributed by atoms with E-state index < -0.39 is 0 Å². The summed E-state index contributed by atoms with van der Waals surface area (Å²) in [6, 6.07) is 3.28. The van der Waals surface area contributed by atoms with Crippen molar-refractivity contribution in [2.75, 3.05) is 14.2 Å². The Labute approximate surface area is 100 Å². The molecule has 0 radical (unpaired) electrons. The zero-order valence-electron chi connectivity index (χ0n) is 9.66. The van der Waals surface area contributed by atoms with Crippen LogP contribution in [0.1, 0.15) is 29.4 Å². The number of amides is 1. The first-order chi connectivity index (χ1) is 7.58. The Balaban J connectivity index is 2.99. The molecular weight excluding hydrogens is 228 g/mol. The fourth-order valence-electron chi connectivity index (χ4n) is 1.32. The van der Waals surface area contributed by atoms with E-state index in [1.165, 1.54) is 7.11 Å². The van der Waals surface area contributed by atoms with Gasteiger partial charge in [0.05, 0.1) is 7.11 Å². The Hall–Kier alpha value is -1.13. The molecular formula is C11H15ClN2O2. The minimum atomic E-state index is -0.232. The number of hydrogen-bond acceptors (Lipinski definition) is 3. The molecule has 1 heterocycles. The van der Waals surface area contributed by atoms with Crippen LogP contribution in [0.15, 0.2) is 12.1 Å². The maximum atomic E-state index is 11.8. The third-order valence-corrected chi connectivity index (χ3v) is 2.35. The second-order valence-corrected chi connectivity index (χ2v) is 3.79. The minimum absolute atomic E-state index is 0.232. The summed E-state index contributed by atoms with van der Waals surface area (Å²) in [5.74, 6) is -0.232. The number of carbonyl (C=O) groups is 1. The van der Waals surface area contributed by atoms with E-state index in [0.29, 0.717) is 10.7 Å². The van der Waals surface area contributed by atoms with Gasteiger partial charge in [0, 0.05) is 18.3 Å². The molecule has 0 aromatic carbocycles. The van der Waals surface area contributed by atoms with Crippen LogP contribution < -0.4 is 0 Å². The normalized spacial score (nSPS) is 10.2. The fourth-order valence-corrected chi connectivity index (χ4v) is 1.55. The molecule has 16 heavy (non-hydrogen) atoms. The quantitative estimate of drug-likeness (QED) is 0.601. The maximum absolute atomic E-state index is 11.8. The lowest BCUT2D eigenvalue weighted by molar-refractivity contribution is -0.0757. The molecule has 1 aromatic heterocycles. The van der Waals surface area contributed by atoms with Crippen LogP contribution in [-0.2, 0) is 11.3 Å². The standard InChI is InChI=1S/C11H15ClN2O2/c1-4-5-9-6-8(7-10(12)13-9)11(15)14(2)16-3/h6-7H,4-5H2,1-3H3. The number of aryl methyl sites for hydroxylation is 1. The highest BCUT2D eigenvalue weighted by atomic mass is 35.5. The topological polar surface area (TPSA) is 42.4 Å². The van der Waals surface area contributed by atoms with Gasteiger partial charge in [-0.25, -0.2) is 10.0 Å². The number of carbonyl (C=O) groups excluding carboxylic acids is 1. The predicted molar refractivity (Wildman–Crippen MR) is 62.3 cm³/mol. The van der Waals surface area contributed by atoms with E-state index in [0.717, 1.165) is 23.6 Å². The second-order valence-electron chi connectivity index (χ2n) is 3.41. The summed E-state index contributed by atoms with van der Waals surface area (Å²) in [6.07, 6.45) is 1.76. The van der Waals surface area contributed by atoms with Gasteiger partial charge in [-0.1, -0.05) is 24.9 Å². The summed E-state index contributed by atoms with van der Waals surface area (Å²) in [5, 5.41) is 1.49. The first-order valence-electron chi connectivity index (χ1n) is 5.07. The van der Waals surface area contributed by atoms with Crippen molar-refractivity contribution in [3.05, 3.63) is 28.5 Å². The van der Waals surface area contributed by atoms with Gasteiger partial charge in [-0.3, -0.25) is 9.63 Å². The lowest BCUT2D eigenvalue weighted by atomic mass is 10.1. The molecule has 1 aromatic rings. The molecule has 0 aliphatic rings.